The van der Waals surface area contributed by atoms with Gasteiger partial charge in [-0.2, -0.15) is 0 Å². The molecule has 1 fully saturated rings. The van der Waals surface area contributed by atoms with E-state index < -0.39 is 0 Å². The molecule has 88 valence electrons. The van der Waals surface area contributed by atoms with Crippen LogP contribution in [0.3, 0.4) is 0 Å². The molecule has 2 heteroatoms. The lowest BCUT2D eigenvalue weighted by Gasteiger charge is -2.33. The van der Waals surface area contributed by atoms with Crippen molar-refractivity contribution in [3.05, 3.63) is 42.2 Å². The standard InChI is InChI=1S/C15H18N2/c1-11-7-14(8-11)17-10-13-4-2-3-12-9-16-6-5-15(12)13/h2-6,9,11,14,17H,7-8,10H2,1H3. The molecular formula is C15H18N2. The molecule has 0 aliphatic heterocycles. The molecule has 3 rings (SSSR count). The molecule has 1 aliphatic rings. The van der Waals surface area contributed by atoms with Crippen molar-refractivity contribution in [1.82, 2.24) is 10.3 Å². The van der Waals surface area contributed by atoms with Crippen molar-refractivity contribution in [2.24, 2.45) is 5.92 Å². The largest absolute Gasteiger partial charge is 0.310 e. The van der Waals surface area contributed by atoms with Crippen molar-refractivity contribution in [3.63, 3.8) is 0 Å². The Bertz CT molecular complexity index is 510. The minimum Gasteiger partial charge on any atom is -0.310 e. The molecule has 2 nitrogen and oxygen atoms in total. The monoisotopic (exact) mass is 226 g/mol. The first-order chi connectivity index (χ1) is 8.33. The van der Waals surface area contributed by atoms with Crippen LogP contribution in [-0.4, -0.2) is 11.0 Å². The van der Waals surface area contributed by atoms with E-state index in [9.17, 15) is 0 Å². The van der Waals surface area contributed by atoms with Crippen molar-refractivity contribution in [1.29, 1.82) is 0 Å². The van der Waals surface area contributed by atoms with Gasteiger partial charge in [0, 0.05) is 30.4 Å². The van der Waals surface area contributed by atoms with E-state index in [2.05, 4.69) is 41.5 Å². The van der Waals surface area contributed by atoms with Crippen LogP contribution in [0.25, 0.3) is 10.8 Å². The number of rotatable bonds is 3. The Labute approximate surface area is 102 Å². The lowest BCUT2D eigenvalue weighted by molar-refractivity contribution is 0.240. The third-order valence-electron chi connectivity index (χ3n) is 3.73. The maximum absolute atomic E-state index is 4.17. The Morgan fingerprint density at radius 1 is 1.29 bits per heavy atom. The van der Waals surface area contributed by atoms with Gasteiger partial charge in [0.2, 0.25) is 0 Å². The second-order valence-electron chi connectivity index (χ2n) is 5.17. The number of hydrogen-bond acceptors (Lipinski definition) is 2. The molecule has 0 amide bonds. The molecule has 1 aliphatic carbocycles. The quantitative estimate of drug-likeness (QED) is 0.869. The molecule has 1 heterocycles. The summed E-state index contributed by atoms with van der Waals surface area (Å²) in [7, 11) is 0. The van der Waals surface area contributed by atoms with Crippen molar-refractivity contribution >= 4 is 10.8 Å². The molecular weight excluding hydrogens is 208 g/mol. The second-order valence-corrected chi connectivity index (χ2v) is 5.17. The van der Waals surface area contributed by atoms with Crippen LogP contribution in [0.15, 0.2) is 36.7 Å². The minimum atomic E-state index is 0.724. The van der Waals surface area contributed by atoms with E-state index in [-0.39, 0.29) is 0 Å². The van der Waals surface area contributed by atoms with Crippen LogP contribution in [-0.2, 0) is 6.54 Å². The highest BCUT2D eigenvalue weighted by Crippen LogP contribution is 2.27. The van der Waals surface area contributed by atoms with Crippen LogP contribution in [0.5, 0.6) is 0 Å². The SMILES string of the molecule is CC1CC(NCc2cccc3cnccc23)C1. The Balaban J connectivity index is 1.76. The number of pyridine rings is 1. The number of hydrogen-bond donors (Lipinski definition) is 1. The van der Waals surface area contributed by atoms with Crippen molar-refractivity contribution in [2.75, 3.05) is 0 Å². The highest BCUT2D eigenvalue weighted by atomic mass is 14.9. The molecule has 1 saturated carbocycles. The van der Waals surface area contributed by atoms with Crippen LogP contribution in [0, 0.1) is 5.92 Å². The zero-order valence-corrected chi connectivity index (χ0v) is 10.2. The molecule has 0 unspecified atom stereocenters. The first-order valence-electron chi connectivity index (χ1n) is 6.38. The van der Waals surface area contributed by atoms with Gasteiger partial charge >= 0.3 is 0 Å². The smallest absolute Gasteiger partial charge is 0.0346 e. The van der Waals surface area contributed by atoms with Crippen LogP contribution in [0.1, 0.15) is 25.3 Å². The molecule has 1 aromatic heterocycles. The van der Waals surface area contributed by atoms with Crippen LogP contribution in [0.2, 0.25) is 0 Å². The maximum atomic E-state index is 4.17. The molecule has 1 aromatic carbocycles. The Hall–Kier alpha value is -1.41. The summed E-state index contributed by atoms with van der Waals surface area (Å²) in [5.74, 6) is 0.907. The maximum Gasteiger partial charge on any atom is 0.0346 e. The summed E-state index contributed by atoms with van der Waals surface area (Å²) in [5.41, 5.74) is 1.38. The van der Waals surface area contributed by atoms with Gasteiger partial charge in [0.05, 0.1) is 0 Å². The van der Waals surface area contributed by atoms with Crippen molar-refractivity contribution in [3.8, 4) is 0 Å². The van der Waals surface area contributed by atoms with E-state index in [0.717, 1.165) is 18.5 Å². The number of benzene rings is 1. The summed E-state index contributed by atoms with van der Waals surface area (Å²) in [4.78, 5) is 4.17. The van der Waals surface area contributed by atoms with E-state index in [1.54, 1.807) is 0 Å². The summed E-state index contributed by atoms with van der Waals surface area (Å²) in [5, 5.41) is 6.19. The van der Waals surface area contributed by atoms with Gasteiger partial charge in [-0.1, -0.05) is 25.1 Å². The van der Waals surface area contributed by atoms with E-state index in [4.69, 9.17) is 0 Å². The van der Waals surface area contributed by atoms with E-state index in [0.29, 0.717) is 0 Å². The predicted molar refractivity (Wildman–Crippen MR) is 70.8 cm³/mol. The second kappa shape index (κ2) is 4.46. The Morgan fingerprint density at radius 2 is 2.18 bits per heavy atom. The number of fused-ring (bicyclic) bond motifs is 1. The summed E-state index contributed by atoms with van der Waals surface area (Å²) in [6.45, 7) is 3.29. The van der Waals surface area contributed by atoms with E-state index in [1.165, 1.54) is 29.2 Å². The van der Waals surface area contributed by atoms with Crippen LogP contribution < -0.4 is 5.32 Å². The first-order valence-corrected chi connectivity index (χ1v) is 6.38. The molecule has 17 heavy (non-hydrogen) atoms. The van der Waals surface area contributed by atoms with Gasteiger partial charge in [0.1, 0.15) is 0 Å². The predicted octanol–water partition coefficient (Wildman–Crippen LogP) is 3.12. The third-order valence-corrected chi connectivity index (χ3v) is 3.73. The highest BCUT2D eigenvalue weighted by molar-refractivity contribution is 5.84. The summed E-state index contributed by atoms with van der Waals surface area (Å²) in [6, 6.07) is 9.27. The lowest BCUT2D eigenvalue weighted by Crippen LogP contribution is -2.39. The van der Waals surface area contributed by atoms with Gasteiger partial charge in [-0.05, 0) is 35.8 Å². The van der Waals surface area contributed by atoms with E-state index >= 15 is 0 Å². The lowest BCUT2D eigenvalue weighted by atomic mass is 9.82. The topological polar surface area (TPSA) is 24.9 Å². The molecule has 0 bridgehead atoms. The molecule has 0 atom stereocenters. The molecule has 2 aromatic rings. The minimum absolute atomic E-state index is 0.724. The van der Waals surface area contributed by atoms with Gasteiger partial charge < -0.3 is 5.32 Å². The first kappa shape index (κ1) is 10.7. The number of aromatic nitrogens is 1. The summed E-state index contributed by atoms with van der Waals surface area (Å²) in [6.07, 6.45) is 6.46. The molecule has 0 saturated heterocycles. The fourth-order valence-electron chi connectivity index (χ4n) is 2.67. The fourth-order valence-corrected chi connectivity index (χ4v) is 2.67. The molecule has 0 spiro atoms. The van der Waals surface area contributed by atoms with Crippen LogP contribution in [0.4, 0.5) is 0 Å². The zero-order valence-electron chi connectivity index (χ0n) is 10.2. The Morgan fingerprint density at radius 3 is 3.00 bits per heavy atom. The average Bonchev–Trinajstić information content (AvgIpc) is 2.33. The fraction of sp³-hybridized carbons (Fsp3) is 0.400. The average molecular weight is 226 g/mol. The van der Waals surface area contributed by atoms with Gasteiger partial charge in [-0.3, -0.25) is 4.98 Å². The van der Waals surface area contributed by atoms with Gasteiger partial charge in [0.15, 0.2) is 0 Å². The van der Waals surface area contributed by atoms with Gasteiger partial charge in [-0.25, -0.2) is 0 Å². The summed E-state index contributed by atoms with van der Waals surface area (Å²) < 4.78 is 0. The van der Waals surface area contributed by atoms with Gasteiger partial charge in [0.25, 0.3) is 0 Å². The Kier molecular flexibility index (Phi) is 2.81. The zero-order chi connectivity index (χ0) is 11.7. The molecule has 1 N–H and O–H groups in total. The third kappa shape index (κ3) is 2.18. The normalized spacial score (nSPS) is 23.6. The highest BCUT2D eigenvalue weighted by Gasteiger charge is 2.24. The van der Waals surface area contributed by atoms with Gasteiger partial charge in [-0.15, -0.1) is 0 Å². The number of nitrogens with zero attached hydrogens (tertiary/aromatic N) is 1. The van der Waals surface area contributed by atoms with Crippen LogP contribution >= 0.6 is 0 Å². The molecule has 0 radical (unpaired) electrons. The van der Waals surface area contributed by atoms with Crippen molar-refractivity contribution in [2.45, 2.75) is 32.4 Å². The van der Waals surface area contributed by atoms with Crippen molar-refractivity contribution < 1.29 is 0 Å². The van der Waals surface area contributed by atoms with E-state index in [1.807, 2.05) is 12.4 Å². The number of nitrogens with one attached hydrogen (secondary N) is 1. The summed E-state index contributed by atoms with van der Waals surface area (Å²) >= 11 is 0.